The van der Waals surface area contributed by atoms with Crippen molar-refractivity contribution >= 4 is 17.9 Å². The maximum atomic E-state index is 11.9. The predicted octanol–water partition coefficient (Wildman–Crippen LogP) is 4.78. The molecule has 0 saturated heterocycles. The lowest BCUT2D eigenvalue weighted by atomic mass is 10.1. The molecule has 7 nitrogen and oxygen atoms in total. The van der Waals surface area contributed by atoms with Gasteiger partial charge in [0, 0.05) is 0 Å². The van der Waals surface area contributed by atoms with E-state index in [0.717, 1.165) is 25.7 Å². The minimum atomic E-state index is -0.525. The summed E-state index contributed by atoms with van der Waals surface area (Å²) in [6.07, 6.45) is 3.53. The fourth-order valence-corrected chi connectivity index (χ4v) is 2.37. The van der Waals surface area contributed by atoms with E-state index in [1.165, 1.54) is 19.2 Å². The monoisotopic (exact) mass is 430 g/mol. The largest absolute Gasteiger partial charge is 0.507 e. The molecule has 0 spiro atoms. The third kappa shape index (κ3) is 8.90. The van der Waals surface area contributed by atoms with Crippen molar-refractivity contribution in [1.29, 1.82) is 0 Å². The topological polar surface area (TPSA) is 99.1 Å². The van der Waals surface area contributed by atoms with Crippen molar-refractivity contribution in [3.05, 3.63) is 65.2 Å². The first-order valence-electron chi connectivity index (χ1n) is 10.3. The molecule has 0 radical (unpaired) electrons. The van der Waals surface area contributed by atoms with E-state index in [9.17, 15) is 14.4 Å². The second-order valence-electron chi connectivity index (χ2n) is 6.53. The Morgan fingerprint density at radius 1 is 0.710 bits per heavy atom. The molecule has 0 heterocycles. The standard InChI is InChI=1S/C16H22O4.C8H8O3/c1-3-5-11-19-15(17)13-9-7-8-10-14(13)16(18)20-12-6-4-2;1-11-8(10)6-4-2-3-5-7(6)9/h7-10H,3-6,11-12H2,1-2H3;2-5,9H,1H3. The molecule has 1 N–H and O–H groups in total. The van der Waals surface area contributed by atoms with Gasteiger partial charge in [-0.15, -0.1) is 0 Å². The van der Waals surface area contributed by atoms with Crippen molar-refractivity contribution in [1.82, 2.24) is 0 Å². The van der Waals surface area contributed by atoms with Gasteiger partial charge in [0.05, 0.1) is 31.5 Å². The third-order valence-electron chi connectivity index (χ3n) is 4.14. The number of phenolic OH excluding ortho intramolecular Hbond substituents is 1. The lowest BCUT2D eigenvalue weighted by Gasteiger charge is -2.09. The fourth-order valence-electron chi connectivity index (χ4n) is 2.37. The summed E-state index contributed by atoms with van der Waals surface area (Å²) in [7, 11) is 1.27. The van der Waals surface area contributed by atoms with Crippen LogP contribution in [0.4, 0.5) is 0 Å². The highest BCUT2D eigenvalue weighted by atomic mass is 16.5. The number of hydrogen-bond acceptors (Lipinski definition) is 7. The summed E-state index contributed by atoms with van der Waals surface area (Å²) in [6.45, 7) is 4.78. The first-order chi connectivity index (χ1) is 15.0. The molecule has 0 aliphatic rings. The van der Waals surface area contributed by atoms with E-state index < -0.39 is 17.9 Å². The van der Waals surface area contributed by atoms with Gasteiger partial charge >= 0.3 is 17.9 Å². The van der Waals surface area contributed by atoms with E-state index in [4.69, 9.17) is 14.6 Å². The van der Waals surface area contributed by atoms with Gasteiger partial charge in [0.2, 0.25) is 0 Å². The van der Waals surface area contributed by atoms with Crippen LogP contribution in [-0.4, -0.2) is 43.3 Å². The zero-order valence-electron chi connectivity index (χ0n) is 18.3. The van der Waals surface area contributed by atoms with Gasteiger partial charge in [-0.2, -0.15) is 0 Å². The second kappa shape index (κ2) is 14.6. The molecular weight excluding hydrogens is 400 g/mol. The molecule has 2 rings (SSSR count). The summed E-state index contributed by atoms with van der Waals surface area (Å²) in [5, 5.41) is 9.11. The van der Waals surface area contributed by atoms with Crippen molar-refractivity contribution in [2.24, 2.45) is 0 Å². The molecule has 0 aliphatic heterocycles. The molecule has 2 aromatic carbocycles. The molecule has 0 fully saturated rings. The van der Waals surface area contributed by atoms with Crippen LogP contribution in [0.25, 0.3) is 0 Å². The van der Waals surface area contributed by atoms with E-state index in [2.05, 4.69) is 4.74 Å². The number of hydrogen-bond donors (Lipinski definition) is 1. The smallest absolute Gasteiger partial charge is 0.341 e. The first-order valence-corrected chi connectivity index (χ1v) is 10.3. The molecule has 0 aromatic heterocycles. The van der Waals surface area contributed by atoms with Crippen LogP contribution in [-0.2, 0) is 14.2 Å². The fraction of sp³-hybridized carbons (Fsp3) is 0.375. The highest BCUT2D eigenvalue weighted by Gasteiger charge is 2.18. The van der Waals surface area contributed by atoms with E-state index in [1.807, 2.05) is 13.8 Å². The Labute approximate surface area is 182 Å². The van der Waals surface area contributed by atoms with E-state index >= 15 is 0 Å². The van der Waals surface area contributed by atoms with E-state index in [0.29, 0.717) is 13.2 Å². The van der Waals surface area contributed by atoms with Crippen LogP contribution in [0, 0.1) is 0 Å². The van der Waals surface area contributed by atoms with E-state index in [-0.39, 0.29) is 22.4 Å². The molecule has 31 heavy (non-hydrogen) atoms. The number of rotatable bonds is 9. The van der Waals surface area contributed by atoms with Gasteiger partial charge in [-0.3, -0.25) is 0 Å². The maximum Gasteiger partial charge on any atom is 0.341 e. The van der Waals surface area contributed by atoms with Crippen molar-refractivity contribution in [2.45, 2.75) is 39.5 Å². The van der Waals surface area contributed by atoms with Gasteiger partial charge in [0.1, 0.15) is 11.3 Å². The molecule has 168 valence electrons. The van der Waals surface area contributed by atoms with Gasteiger partial charge < -0.3 is 19.3 Å². The molecule has 2 aromatic rings. The average Bonchev–Trinajstić information content (AvgIpc) is 2.79. The zero-order chi connectivity index (χ0) is 23.1. The molecular formula is C24H30O7. The van der Waals surface area contributed by atoms with Gasteiger partial charge in [0.25, 0.3) is 0 Å². The van der Waals surface area contributed by atoms with Gasteiger partial charge in [-0.05, 0) is 37.1 Å². The minimum absolute atomic E-state index is 0.0562. The van der Waals surface area contributed by atoms with Gasteiger partial charge in [-0.25, -0.2) is 14.4 Å². The SMILES string of the molecule is CCCCOC(=O)c1ccccc1C(=O)OCCCC.COC(=O)c1ccccc1O. The second-order valence-corrected chi connectivity index (χ2v) is 6.53. The number of phenols is 1. The molecule has 0 saturated carbocycles. The number of unbranched alkanes of at least 4 members (excludes halogenated alkanes) is 2. The Morgan fingerprint density at radius 3 is 1.52 bits per heavy atom. The van der Waals surface area contributed by atoms with Crippen molar-refractivity contribution in [2.75, 3.05) is 20.3 Å². The van der Waals surface area contributed by atoms with Crippen molar-refractivity contribution < 1.29 is 33.7 Å². The van der Waals surface area contributed by atoms with Gasteiger partial charge in [-0.1, -0.05) is 51.0 Å². The first kappa shape index (κ1) is 25.7. The number of para-hydroxylation sites is 1. The van der Waals surface area contributed by atoms with Crippen LogP contribution in [0.3, 0.4) is 0 Å². The summed E-state index contributed by atoms with van der Waals surface area (Å²) in [6, 6.07) is 12.8. The quantitative estimate of drug-likeness (QED) is 0.347. The zero-order valence-corrected chi connectivity index (χ0v) is 18.3. The van der Waals surface area contributed by atoms with Crippen LogP contribution >= 0.6 is 0 Å². The number of ether oxygens (including phenoxy) is 3. The number of carbonyl (C=O) groups is 3. The molecule has 0 bridgehead atoms. The Balaban J connectivity index is 0.000000367. The van der Waals surface area contributed by atoms with Crippen molar-refractivity contribution in [3.63, 3.8) is 0 Å². The number of methoxy groups -OCH3 is 1. The lowest BCUT2D eigenvalue weighted by Crippen LogP contribution is -2.14. The van der Waals surface area contributed by atoms with Crippen LogP contribution < -0.4 is 0 Å². The summed E-state index contributed by atoms with van der Waals surface area (Å²) in [5.41, 5.74) is 0.727. The Hall–Kier alpha value is -3.35. The summed E-state index contributed by atoms with van der Waals surface area (Å²) in [4.78, 5) is 34.7. The van der Waals surface area contributed by atoms with Crippen LogP contribution in [0.5, 0.6) is 5.75 Å². The number of esters is 3. The van der Waals surface area contributed by atoms with Crippen LogP contribution in [0.15, 0.2) is 48.5 Å². The molecule has 0 aliphatic carbocycles. The van der Waals surface area contributed by atoms with Gasteiger partial charge in [0.15, 0.2) is 0 Å². The Morgan fingerprint density at radius 2 is 1.13 bits per heavy atom. The number of benzene rings is 2. The third-order valence-corrected chi connectivity index (χ3v) is 4.14. The minimum Gasteiger partial charge on any atom is -0.507 e. The molecule has 0 atom stereocenters. The maximum absolute atomic E-state index is 11.9. The normalized spacial score (nSPS) is 9.77. The molecule has 0 unspecified atom stereocenters. The Kier molecular flexibility index (Phi) is 12.1. The molecule has 7 heteroatoms. The average molecular weight is 430 g/mol. The summed E-state index contributed by atoms with van der Waals surface area (Å²) in [5.74, 6) is -1.52. The predicted molar refractivity (Wildman–Crippen MR) is 116 cm³/mol. The summed E-state index contributed by atoms with van der Waals surface area (Å²) < 4.78 is 14.7. The number of aromatic hydroxyl groups is 1. The van der Waals surface area contributed by atoms with E-state index in [1.54, 1.807) is 36.4 Å². The number of carbonyl (C=O) groups excluding carboxylic acids is 3. The lowest BCUT2D eigenvalue weighted by molar-refractivity contribution is 0.0452. The van der Waals surface area contributed by atoms with Crippen LogP contribution in [0.1, 0.15) is 70.6 Å². The molecule has 0 amide bonds. The van der Waals surface area contributed by atoms with Crippen LogP contribution in [0.2, 0.25) is 0 Å². The van der Waals surface area contributed by atoms with Crippen molar-refractivity contribution in [3.8, 4) is 5.75 Å². The highest BCUT2D eigenvalue weighted by Crippen LogP contribution is 2.16. The Bertz CT molecular complexity index is 804. The summed E-state index contributed by atoms with van der Waals surface area (Å²) >= 11 is 0. The highest BCUT2D eigenvalue weighted by molar-refractivity contribution is 6.03.